The van der Waals surface area contributed by atoms with E-state index >= 15 is 0 Å². The van der Waals surface area contributed by atoms with Crippen LogP contribution >= 0.6 is 0 Å². The van der Waals surface area contributed by atoms with E-state index in [1.165, 1.54) is 16.5 Å². The molecule has 52 heavy (non-hydrogen) atoms. The van der Waals surface area contributed by atoms with Gasteiger partial charge < -0.3 is 9.97 Å². The van der Waals surface area contributed by atoms with E-state index in [1.54, 1.807) is 0 Å². The van der Waals surface area contributed by atoms with E-state index in [9.17, 15) is 0 Å². The monoisotopic (exact) mass is 856 g/mol. The second-order valence-electron chi connectivity index (χ2n) is 15.7. The van der Waals surface area contributed by atoms with E-state index in [1.807, 2.05) is 23.0 Å². The Balaban J connectivity index is 0.00000387. The first kappa shape index (κ1) is 33.9. The quantitative estimate of drug-likeness (QED) is 0.177. The molecule has 6 heteroatoms. The third-order valence-electron chi connectivity index (χ3n) is 10.1. The zero-order valence-electron chi connectivity index (χ0n) is 30.2. The summed E-state index contributed by atoms with van der Waals surface area (Å²) in [5.74, 6) is 0.736. The molecule has 0 saturated heterocycles. The van der Waals surface area contributed by atoms with Crippen LogP contribution < -0.4 is 9.97 Å². The summed E-state index contributed by atoms with van der Waals surface area (Å²) in [6.07, 6.45) is 1.93. The number of aromatic nitrogens is 5. The van der Waals surface area contributed by atoms with E-state index in [2.05, 4.69) is 151 Å². The molecule has 0 aliphatic rings. The molecule has 0 radical (unpaired) electrons. The Hall–Kier alpha value is -5.25. The minimum atomic E-state index is -0.0810. The Morgan fingerprint density at radius 3 is 2.06 bits per heavy atom. The van der Waals surface area contributed by atoms with Crippen LogP contribution in [-0.4, -0.2) is 14.8 Å². The molecular formula is C46H39N5Pt. The van der Waals surface area contributed by atoms with Crippen molar-refractivity contribution in [2.45, 2.75) is 52.4 Å². The number of fused-ring (bicyclic) bond motifs is 5. The molecule has 5 aromatic carbocycles. The van der Waals surface area contributed by atoms with Gasteiger partial charge in [-0.25, -0.2) is 9.67 Å². The number of benzene rings is 5. The van der Waals surface area contributed by atoms with Crippen LogP contribution in [0.5, 0.6) is 0 Å². The molecule has 0 fully saturated rings. The van der Waals surface area contributed by atoms with Gasteiger partial charge in [-0.05, 0) is 78.4 Å². The molecule has 0 atom stereocenters. The van der Waals surface area contributed by atoms with E-state index in [0.29, 0.717) is 0 Å². The molecule has 258 valence electrons. The van der Waals surface area contributed by atoms with Crippen molar-refractivity contribution >= 4 is 43.5 Å². The molecular weight excluding hydrogens is 818 g/mol. The van der Waals surface area contributed by atoms with Gasteiger partial charge in [0.2, 0.25) is 0 Å². The second-order valence-corrected chi connectivity index (χ2v) is 15.7. The smallest absolute Gasteiger partial charge is 0.661 e. The second kappa shape index (κ2) is 12.5. The van der Waals surface area contributed by atoms with Crippen LogP contribution in [0.25, 0.3) is 83.1 Å². The Kier molecular flexibility index (Phi) is 8.11. The molecule has 0 amide bonds. The van der Waals surface area contributed by atoms with Crippen LogP contribution in [0.1, 0.15) is 52.7 Å². The summed E-state index contributed by atoms with van der Waals surface area (Å²) < 4.78 is 2.00. The van der Waals surface area contributed by atoms with E-state index in [4.69, 9.17) is 20.1 Å². The number of para-hydroxylation sites is 1. The van der Waals surface area contributed by atoms with Crippen LogP contribution in [0.15, 0.2) is 128 Å². The maximum absolute atomic E-state index is 5.44. The van der Waals surface area contributed by atoms with Gasteiger partial charge in [0, 0.05) is 5.39 Å². The fourth-order valence-corrected chi connectivity index (χ4v) is 7.23. The molecule has 0 saturated carbocycles. The average molecular weight is 857 g/mol. The van der Waals surface area contributed by atoms with Crippen molar-refractivity contribution < 1.29 is 21.1 Å². The summed E-state index contributed by atoms with van der Waals surface area (Å²) in [7, 11) is 0. The summed E-state index contributed by atoms with van der Waals surface area (Å²) >= 11 is 0. The largest absolute Gasteiger partial charge is 2.00 e. The Bertz CT molecular complexity index is 2770. The molecule has 9 aromatic rings. The van der Waals surface area contributed by atoms with Gasteiger partial charge in [0.15, 0.2) is 5.82 Å². The van der Waals surface area contributed by atoms with Gasteiger partial charge in [0.25, 0.3) is 0 Å². The molecule has 0 N–H and O–H groups in total. The summed E-state index contributed by atoms with van der Waals surface area (Å²) in [5.41, 5.74) is 11.2. The van der Waals surface area contributed by atoms with Crippen molar-refractivity contribution in [1.29, 1.82) is 0 Å². The minimum Gasteiger partial charge on any atom is -0.661 e. The van der Waals surface area contributed by atoms with Gasteiger partial charge in [-0.1, -0.05) is 145 Å². The van der Waals surface area contributed by atoms with Crippen LogP contribution in [0.4, 0.5) is 0 Å². The topological polar surface area (TPSA) is 58.9 Å². The predicted molar refractivity (Wildman–Crippen MR) is 212 cm³/mol. The Morgan fingerprint density at radius 1 is 0.596 bits per heavy atom. The van der Waals surface area contributed by atoms with Crippen LogP contribution in [0.2, 0.25) is 0 Å². The third kappa shape index (κ3) is 5.68. The number of hydrogen-bond acceptors (Lipinski definition) is 2. The fourth-order valence-electron chi connectivity index (χ4n) is 7.23. The van der Waals surface area contributed by atoms with Gasteiger partial charge in [-0.15, -0.1) is 16.7 Å². The van der Waals surface area contributed by atoms with Gasteiger partial charge in [-0.3, -0.25) is 0 Å². The standard InChI is InChI=1S/C46H39N5.Pt/c1-45(2,3)31-20-21-38-35(24-31)36-25-32(46(4,5)6)26-37(42(36)49-38)43-34-18-12-13-19-40(34)51(50-43)41-23-30(28-14-8-7-9-15-28)22-39(48-41)44-33-17-11-10-16-29(33)27-47-44;/h7-27H,1-6H3;/q-2;+2. The van der Waals surface area contributed by atoms with Gasteiger partial charge in [-0.2, -0.15) is 11.3 Å². The zero-order chi connectivity index (χ0) is 35.1. The van der Waals surface area contributed by atoms with Crippen molar-refractivity contribution in [3.05, 3.63) is 139 Å². The zero-order valence-corrected chi connectivity index (χ0v) is 32.4. The number of nitrogens with zero attached hydrogens (tertiary/aromatic N) is 5. The van der Waals surface area contributed by atoms with Crippen molar-refractivity contribution in [3.8, 4) is 39.6 Å². The number of rotatable bonds is 4. The van der Waals surface area contributed by atoms with E-state index in [0.717, 1.165) is 77.7 Å². The molecule has 0 unspecified atom stereocenters. The molecule has 0 spiro atoms. The maximum Gasteiger partial charge on any atom is 2.00 e. The molecule has 5 nitrogen and oxygen atoms in total. The maximum atomic E-state index is 5.44. The summed E-state index contributed by atoms with van der Waals surface area (Å²) in [4.78, 5) is 15.4. The van der Waals surface area contributed by atoms with Crippen LogP contribution in [-0.2, 0) is 31.9 Å². The van der Waals surface area contributed by atoms with Gasteiger partial charge in [0.05, 0.1) is 16.9 Å². The van der Waals surface area contributed by atoms with Crippen molar-refractivity contribution in [2.75, 3.05) is 0 Å². The summed E-state index contributed by atoms with van der Waals surface area (Å²) in [5, 5.41) is 11.0. The predicted octanol–water partition coefficient (Wildman–Crippen LogP) is 11.4. The minimum absolute atomic E-state index is 0. The molecule has 4 aromatic heterocycles. The van der Waals surface area contributed by atoms with Crippen molar-refractivity contribution in [1.82, 2.24) is 24.7 Å². The average Bonchev–Trinajstić information content (AvgIpc) is 3.84. The first-order valence-corrected chi connectivity index (χ1v) is 17.6. The number of pyridine rings is 1. The molecule has 0 aliphatic carbocycles. The van der Waals surface area contributed by atoms with Crippen molar-refractivity contribution in [3.63, 3.8) is 0 Å². The van der Waals surface area contributed by atoms with Crippen LogP contribution in [0.3, 0.4) is 0 Å². The fraction of sp³-hybridized carbons (Fsp3) is 0.174. The molecule has 0 aliphatic heterocycles. The summed E-state index contributed by atoms with van der Waals surface area (Å²) in [6.45, 7) is 13.6. The van der Waals surface area contributed by atoms with Crippen LogP contribution in [0, 0.1) is 0 Å². The number of hydrogen-bond donors (Lipinski definition) is 0. The van der Waals surface area contributed by atoms with Crippen molar-refractivity contribution in [2.24, 2.45) is 0 Å². The van der Waals surface area contributed by atoms with Gasteiger partial charge in [0.1, 0.15) is 0 Å². The van der Waals surface area contributed by atoms with Gasteiger partial charge >= 0.3 is 21.1 Å². The van der Waals surface area contributed by atoms with E-state index < -0.39 is 0 Å². The van der Waals surface area contributed by atoms with E-state index in [-0.39, 0.29) is 31.9 Å². The summed E-state index contributed by atoms with van der Waals surface area (Å²) in [6, 6.07) is 42.9. The SMILES string of the molecule is CC(C)(C)c1ccc2[n-]c3c(-c4nn(-c5cc(-c6ccccc6)cc(-c6[n-]cc7ccccc67)n5)c5ccccc45)cc(C(C)(C)C)cc3c2c1.[Pt+2]. The first-order chi connectivity index (χ1) is 24.5. The third-order valence-corrected chi connectivity index (χ3v) is 10.1. The Labute approximate surface area is 318 Å². The molecule has 9 rings (SSSR count). The Morgan fingerprint density at radius 2 is 1.29 bits per heavy atom. The molecule has 4 heterocycles. The molecule has 0 bridgehead atoms. The first-order valence-electron chi connectivity index (χ1n) is 17.6. The normalized spacial score (nSPS) is 12.3.